The summed E-state index contributed by atoms with van der Waals surface area (Å²) in [5, 5.41) is 3.75. The highest BCUT2D eigenvalue weighted by molar-refractivity contribution is 9.10. The SMILES string of the molecule is CCCCCCCCCCNC1CCc2cc(Br)ccc21. The molecule has 1 aromatic carbocycles. The van der Waals surface area contributed by atoms with E-state index in [1.165, 1.54) is 86.4 Å². The van der Waals surface area contributed by atoms with E-state index in [1.807, 2.05) is 0 Å². The zero-order valence-corrected chi connectivity index (χ0v) is 15.1. The van der Waals surface area contributed by atoms with E-state index in [1.54, 1.807) is 0 Å². The minimum atomic E-state index is 0.595. The third-order valence-electron chi connectivity index (χ3n) is 4.60. The van der Waals surface area contributed by atoms with Crippen LogP contribution in [0.5, 0.6) is 0 Å². The monoisotopic (exact) mass is 351 g/mol. The zero-order chi connectivity index (χ0) is 14.9. The molecule has 0 saturated heterocycles. The lowest BCUT2D eigenvalue weighted by atomic mass is 10.1. The van der Waals surface area contributed by atoms with Crippen LogP contribution in [0.2, 0.25) is 0 Å². The molecule has 0 fully saturated rings. The van der Waals surface area contributed by atoms with Gasteiger partial charge >= 0.3 is 0 Å². The predicted octanol–water partition coefficient (Wildman–Crippen LogP) is 6.17. The Labute approximate surface area is 139 Å². The first-order valence-corrected chi connectivity index (χ1v) is 9.62. The van der Waals surface area contributed by atoms with Crippen LogP contribution in [-0.4, -0.2) is 6.54 Å². The van der Waals surface area contributed by atoms with E-state index in [2.05, 4.69) is 46.4 Å². The molecule has 2 rings (SSSR count). The van der Waals surface area contributed by atoms with Crippen LogP contribution < -0.4 is 5.32 Å². The van der Waals surface area contributed by atoms with Crippen molar-refractivity contribution in [3.63, 3.8) is 0 Å². The molecule has 0 radical (unpaired) electrons. The summed E-state index contributed by atoms with van der Waals surface area (Å²) in [5.74, 6) is 0. The van der Waals surface area contributed by atoms with Gasteiger partial charge in [0.2, 0.25) is 0 Å². The van der Waals surface area contributed by atoms with Crippen molar-refractivity contribution in [3.05, 3.63) is 33.8 Å². The minimum Gasteiger partial charge on any atom is -0.310 e. The summed E-state index contributed by atoms with van der Waals surface area (Å²) >= 11 is 3.57. The molecular formula is C19H30BrN. The van der Waals surface area contributed by atoms with Gasteiger partial charge in [-0.25, -0.2) is 0 Å². The number of hydrogen-bond acceptors (Lipinski definition) is 1. The van der Waals surface area contributed by atoms with Gasteiger partial charge in [0.25, 0.3) is 0 Å². The number of fused-ring (bicyclic) bond motifs is 1. The summed E-state index contributed by atoms with van der Waals surface area (Å²) in [5.41, 5.74) is 3.05. The maximum Gasteiger partial charge on any atom is 0.0326 e. The Kier molecular flexibility index (Phi) is 7.81. The average molecular weight is 352 g/mol. The molecule has 1 atom stereocenters. The lowest BCUT2D eigenvalue weighted by Gasteiger charge is -2.14. The Morgan fingerprint density at radius 2 is 1.76 bits per heavy atom. The Bertz CT molecular complexity index is 416. The predicted molar refractivity (Wildman–Crippen MR) is 95.8 cm³/mol. The first-order chi connectivity index (χ1) is 10.3. The van der Waals surface area contributed by atoms with E-state index >= 15 is 0 Å². The molecular weight excluding hydrogens is 322 g/mol. The van der Waals surface area contributed by atoms with E-state index in [4.69, 9.17) is 0 Å². The van der Waals surface area contributed by atoms with Gasteiger partial charge in [-0.15, -0.1) is 0 Å². The first kappa shape index (κ1) is 17.0. The van der Waals surface area contributed by atoms with Gasteiger partial charge in [-0.05, 0) is 49.1 Å². The van der Waals surface area contributed by atoms with Crippen molar-refractivity contribution in [2.45, 2.75) is 77.2 Å². The molecule has 1 N–H and O–H groups in total. The Morgan fingerprint density at radius 3 is 2.52 bits per heavy atom. The van der Waals surface area contributed by atoms with Crippen LogP contribution in [0.4, 0.5) is 0 Å². The summed E-state index contributed by atoms with van der Waals surface area (Å²) in [6.07, 6.45) is 13.7. The van der Waals surface area contributed by atoms with Gasteiger partial charge in [-0.1, -0.05) is 73.9 Å². The van der Waals surface area contributed by atoms with Crippen molar-refractivity contribution >= 4 is 15.9 Å². The molecule has 2 heteroatoms. The van der Waals surface area contributed by atoms with Crippen molar-refractivity contribution < 1.29 is 0 Å². The Balaban J connectivity index is 1.55. The Morgan fingerprint density at radius 1 is 1.05 bits per heavy atom. The molecule has 0 amide bonds. The molecule has 118 valence electrons. The van der Waals surface area contributed by atoms with Crippen molar-refractivity contribution in [2.75, 3.05) is 6.54 Å². The van der Waals surface area contributed by atoms with Crippen LogP contribution in [0, 0.1) is 0 Å². The molecule has 1 aliphatic rings. The van der Waals surface area contributed by atoms with E-state index in [-0.39, 0.29) is 0 Å². The first-order valence-electron chi connectivity index (χ1n) is 8.83. The van der Waals surface area contributed by atoms with Gasteiger partial charge in [-0.3, -0.25) is 0 Å². The standard InChI is InChI=1S/C19H30BrN/c1-2-3-4-5-6-7-8-9-14-21-19-13-10-16-15-17(20)11-12-18(16)19/h11-12,15,19,21H,2-10,13-14H2,1H3. The van der Waals surface area contributed by atoms with Crippen LogP contribution in [0.15, 0.2) is 22.7 Å². The highest BCUT2D eigenvalue weighted by Crippen LogP contribution is 2.32. The molecule has 1 aromatic rings. The van der Waals surface area contributed by atoms with Crippen LogP contribution in [0.25, 0.3) is 0 Å². The topological polar surface area (TPSA) is 12.0 Å². The molecule has 0 aromatic heterocycles. The van der Waals surface area contributed by atoms with Gasteiger partial charge in [0, 0.05) is 10.5 Å². The number of halogens is 1. The van der Waals surface area contributed by atoms with E-state index in [0.29, 0.717) is 6.04 Å². The Hall–Kier alpha value is -0.340. The van der Waals surface area contributed by atoms with Gasteiger partial charge in [-0.2, -0.15) is 0 Å². The van der Waals surface area contributed by atoms with E-state index in [9.17, 15) is 0 Å². The summed E-state index contributed by atoms with van der Waals surface area (Å²) in [6.45, 7) is 3.46. The minimum absolute atomic E-state index is 0.595. The third kappa shape index (κ3) is 5.75. The van der Waals surface area contributed by atoms with Crippen LogP contribution in [-0.2, 0) is 6.42 Å². The largest absolute Gasteiger partial charge is 0.310 e. The zero-order valence-electron chi connectivity index (χ0n) is 13.5. The number of hydrogen-bond donors (Lipinski definition) is 1. The average Bonchev–Trinajstić information content (AvgIpc) is 2.88. The quantitative estimate of drug-likeness (QED) is 0.497. The maximum absolute atomic E-state index is 3.75. The van der Waals surface area contributed by atoms with E-state index in [0.717, 1.165) is 0 Å². The molecule has 21 heavy (non-hydrogen) atoms. The lowest BCUT2D eigenvalue weighted by Crippen LogP contribution is -2.20. The normalized spacial score (nSPS) is 17.1. The highest BCUT2D eigenvalue weighted by Gasteiger charge is 2.21. The van der Waals surface area contributed by atoms with Gasteiger partial charge in [0.05, 0.1) is 0 Å². The third-order valence-corrected chi connectivity index (χ3v) is 5.10. The molecule has 1 nitrogen and oxygen atoms in total. The van der Waals surface area contributed by atoms with Crippen molar-refractivity contribution in [3.8, 4) is 0 Å². The van der Waals surface area contributed by atoms with E-state index < -0.39 is 0 Å². The fourth-order valence-electron chi connectivity index (χ4n) is 3.33. The summed E-state index contributed by atoms with van der Waals surface area (Å²) in [7, 11) is 0. The molecule has 0 heterocycles. The molecule has 0 saturated carbocycles. The molecule has 0 bridgehead atoms. The summed E-state index contributed by atoms with van der Waals surface area (Å²) in [4.78, 5) is 0. The molecule has 1 unspecified atom stereocenters. The van der Waals surface area contributed by atoms with Crippen molar-refractivity contribution in [1.82, 2.24) is 5.32 Å². The number of nitrogens with one attached hydrogen (secondary N) is 1. The lowest BCUT2D eigenvalue weighted by molar-refractivity contribution is 0.498. The van der Waals surface area contributed by atoms with Crippen molar-refractivity contribution in [1.29, 1.82) is 0 Å². The molecule has 1 aliphatic carbocycles. The smallest absolute Gasteiger partial charge is 0.0326 e. The summed E-state index contributed by atoms with van der Waals surface area (Å²) in [6, 6.07) is 7.35. The van der Waals surface area contributed by atoms with Gasteiger partial charge in [0.15, 0.2) is 0 Å². The highest BCUT2D eigenvalue weighted by atomic mass is 79.9. The van der Waals surface area contributed by atoms with Gasteiger partial charge in [0.1, 0.15) is 0 Å². The fraction of sp³-hybridized carbons (Fsp3) is 0.684. The van der Waals surface area contributed by atoms with Crippen LogP contribution in [0.3, 0.4) is 0 Å². The van der Waals surface area contributed by atoms with Gasteiger partial charge < -0.3 is 5.32 Å². The number of benzene rings is 1. The molecule has 0 spiro atoms. The molecule has 0 aliphatic heterocycles. The number of unbranched alkanes of at least 4 members (excludes halogenated alkanes) is 7. The second kappa shape index (κ2) is 9.63. The number of aryl methyl sites for hydroxylation is 1. The number of rotatable bonds is 10. The second-order valence-corrected chi connectivity index (χ2v) is 7.28. The van der Waals surface area contributed by atoms with Crippen LogP contribution in [0.1, 0.15) is 81.9 Å². The van der Waals surface area contributed by atoms with Crippen LogP contribution >= 0.6 is 15.9 Å². The fourth-order valence-corrected chi connectivity index (χ4v) is 3.74. The maximum atomic E-state index is 3.75. The second-order valence-electron chi connectivity index (χ2n) is 6.36. The van der Waals surface area contributed by atoms with Crippen molar-refractivity contribution in [2.24, 2.45) is 0 Å². The summed E-state index contributed by atoms with van der Waals surface area (Å²) < 4.78 is 1.21.